The van der Waals surface area contributed by atoms with Gasteiger partial charge in [0.2, 0.25) is 0 Å². The van der Waals surface area contributed by atoms with E-state index >= 15 is 0 Å². The lowest BCUT2D eigenvalue weighted by molar-refractivity contribution is -0.668. The Labute approximate surface area is 243 Å². The fourth-order valence-electron chi connectivity index (χ4n) is 4.94. The highest BCUT2D eigenvalue weighted by Gasteiger charge is 2.30. The summed E-state index contributed by atoms with van der Waals surface area (Å²) < 4.78 is 9.44. The monoisotopic (exact) mass is 623 g/mol. The van der Waals surface area contributed by atoms with Crippen molar-refractivity contribution in [2.45, 2.75) is 45.4 Å². The van der Waals surface area contributed by atoms with Crippen molar-refractivity contribution in [2.75, 3.05) is 45.8 Å². The molecular weight excluding hydrogens is 590 g/mol. The van der Waals surface area contributed by atoms with Gasteiger partial charge < -0.3 is 48.3 Å². The van der Waals surface area contributed by atoms with Gasteiger partial charge in [-0.25, -0.2) is 19.1 Å². The van der Waals surface area contributed by atoms with Crippen LogP contribution in [-0.2, 0) is 24.4 Å². The van der Waals surface area contributed by atoms with Crippen molar-refractivity contribution in [3.63, 3.8) is 0 Å². The second-order valence-corrected chi connectivity index (χ2v) is 9.85. The van der Waals surface area contributed by atoms with Gasteiger partial charge in [0.25, 0.3) is 17.6 Å². The summed E-state index contributed by atoms with van der Waals surface area (Å²) in [5.41, 5.74) is 13.1. The largest absolute Gasteiger partial charge is 1.00 e. The van der Waals surface area contributed by atoms with E-state index in [2.05, 4.69) is 38.8 Å². The summed E-state index contributed by atoms with van der Waals surface area (Å²) in [7, 11) is 5.76. The molecule has 4 rings (SSSR count). The van der Waals surface area contributed by atoms with Crippen LogP contribution in [0.25, 0.3) is 11.0 Å². The van der Waals surface area contributed by atoms with E-state index in [0.29, 0.717) is 31.4 Å². The van der Waals surface area contributed by atoms with Crippen LogP contribution < -0.4 is 43.1 Å². The Bertz CT molecular complexity index is 1360. The van der Waals surface area contributed by atoms with Gasteiger partial charge in [0, 0.05) is 25.2 Å². The fraction of sp³-hybridized carbons (Fsp3) is 0.480. The molecule has 2 amide bonds. The summed E-state index contributed by atoms with van der Waals surface area (Å²) in [5.74, 6) is 0.760. The Morgan fingerprint density at radius 2 is 1.90 bits per heavy atom. The second-order valence-electron chi connectivity index (χ2n) is 9.49. The number of aryl methyl sites for hydroxylation is 1. The number of benzene rings is 1. The summed E-state index contributed by atoms with van der Waals surface area (Å²) in [6, 6.07) is 6.20. The number of nitrogens with one attached hydrogen (secondary N) is 1. The number of amides is 2. The Morgan fingerprint density at radius 3 is 2.51 bits per heavy atom. The molecule has 1 saturated heterocycles. The molecule has 1 aliphatic rings. The van der Waals surface area contributed by atoms with Crippen LogP contribution in [0.5, 0.6) is 5.75 Å². The molecule has 2 aromatic heterocycles. The number of piperidine rings is 1. The van der Waals surface area contributed by atoms with Gasteiger partial charge in [-0.15, -0.1) is 0 Å². The summed E-state index contributed by atoms with van der Waals surface area (Å²) in [6.07, 6.45) is 1.87. The van der Waals surface area contributed by atoms with E-state index < -0.39 is 5.91 Å². The molecule has 0 unspecified atom stereocenters. The number of hydrogen-bond donors (Lipinski definition) is 3. The van der Waals surface area contributed by atoms with Crippen LogP contribution in [0.2, 0.25) is 5.15 Å². The lowest BCUT2D eigenvalue weighted by Gasteiger charge is -2.34. The minimum absolute atomic E-state index is 0. The highest BCUT2D eigenvalue weighted by atomic mass is 79.9. The quantitative estimate of drug-likeness (QED) is 0.245. The predicted octanol–water partition coefficient (Wildman–Crippen LogP) is -1.95. The molecule has 212 valence electrons. The van der Waals surface area contributed by atoms with Crippen molar-refractivity contribution in [3.05, 3.63) is 34.9 Å². The lowest BCUT2D eigenvalue weighted by atomic mass is 10.0. The average molecular weight is 625 g/mol. The van der Waals surface area contributed by atoms with Crippen LogP contribution in [0, 0.1) is 0 Å². The van der Waals surface area contributed by atoms with Gasteiger partial charge in [0.15, 0.2) is 40.1 Å². The molecule has 3 aromatic rings. The molecular formula is C25H35BrClN9O3. The third-order valence-corrected chi connectivity index (χ3v) is 7.35. The molecule has 0 aliphatic carbocycles. The van der Waals surface area contributed by atoms with Crippen molar-refractivity contribution in [1.29, 1.82) is 0 Å². The van der Waals surface area contributed by atoms with Crippen molar-refractivity contribution in [2.24, 2.45) is 0 Å². The highest BCUT2D eigenvalue weighted by molar-refractivity contribution is 6.31. The van der Waals surface area contributed by atoms with E-state index in [-0.39, 0.29) is 58.5 Å². The van der Waals surface area contributed by atoms with Gasteiger partial charge in [-0.3, -0.25) is 9.59 Å². The van der Waals surface area contributed by atoms with Gasteiger partial charge in [0.05, 0.1) is 13.7 Å². The van der Waals surface area contributed by atoms with E-state index in [4.69, 9.17) is 27.8 Å². The number of nitrogens with two attached hydrogens (primary N) is 2. The number of likely N-dealkylation sites (tertiary alicyclic amines) is 1. The minimum atomic E-state index is -0.550. The third kappa shape index (κ3) is 6.36. The molecule has 0 spiro atoms. The van der Waals surface area contributed by atoms with Gasteiger partial charge >= 0.3 is 0 Å². The van der Waals surface area contributed by atoms with Crippen LogP contribution in [-0.4, -0.2) is 76.5 Å². The van der Waals surface area contributed by atoms with Gasteiger partial charge in [-0.1, -0.05) is 11.6 Å². The summed E-state index contributed by atoms with van der Waals surface area (Å²) in [6.45, 7) is 4.30. The number of rotatable bonds is 8. The van der Waals surface area contributed by atoms with E-state index in [1.54, 1.807) is 7.11 Å². The smallest absolute Gasteiger partial charge is 0.277 e. The molecule has 5 N–H and O–H groups in total. The number of imidazole rings is 1. The Balaban J connectivity index is 0.00000420. The molecule has 3 heterocycles. The average Bonchev–Trinajstić information content (AvgIpc) is 3.20. The zero-order chi connectivity index (χ0) is 27.6. The highest BCUT2D eigenvalue weighted by Crippen LogP contribution is 2.22. The SMILES string of the molecule is CCn1c(CNC(=O)c2nc(Cl)c(N)nc2N)[n+](CC(=O)N2CCC(N(C)C)CC2)c2ccc(OC)cc21.[Br-]. The normalized spacial score (nSPS) is 13.9. The van der Waals surface area contributed by atoms with Crippen molar-refractivity contribution in [3.8, 4) is 5.75 Å². The van der Waals surface area contributed by atoms with Gasteiger partial charge in [-0.2, -0.15) is 0 Å². The summed E-state index contributed by atoms with van der Waals surface area (Å²) in [5, 5.41) is 2.76. The lowest BCUT2D eigenvalue weighted by Crippen LogP contribution is -3.00. The number of nitrogen functional groups attached to an aromatic ring is 2. The maximum absolute atomic E-state index is 13.4. The van der Waals surface area contributed by atoms with E-state index in [0.717, 1.165) is 29.7 Å². The molecule has 0 radical (unpaired) electrons. The van der Waals surface area contributed by atoms with Crippen LogP contribution >= 0.6 is 11.6 Å². The molecule has 14 heteroatoms. The Morgan fingerprint density at radius 1 is 1.21 bits per heavy atom. The van der Waals surface area contributed by atoms with Crippen LogP contribution in [0.15, 0.2) is 18.2 Å². The Hall–Kier alpha value is -3.16. The molecule has 0 atom stereocenters. The number of anilines is 2. The first-order valence-corrected chi connectivity index (χ1v) is 12.9. The number of ether oxygens (including phenoxy) is 1. The zero-order valence-electron chi connectivity index (χ0n) is 22.6. The number of methoxy groups -OCH3 is 1. The number of hydrogen-bond acceptors (Lipinski definition) is 8. The number of carbonyl (C=O) groups is 2. The number of halogens is 2. The molecule has 0 saturated carbocycles. The molecule has 1 fully saturated rings. The molecule has 12 nitrogen and oxygen atoms in total. The van der Waals surface area contributed by atoms with E-state index in [9.17, 15) is 9.59 Å². The number of fused-ring (bicyclic) bond motifs is 1. The van der Waals surface area contributed by atoms with Crippen molar-refractivity contribution >= 4 is 46.1 Å². The van der Waals surface area contributed by atoms with E-state index in [1.807, 2.05) is 34.6 Å². The first kappa shape index (κ1) is 30.4. The first-order valence-electron chi connectivity index (χ1n) is 12.5. The molecule has 0 bridgehead atoms. The zero-order valence-corrected chi connectivity index (χ0v) is 24.9. The fourth-order valence-corrected chi connectivity index (χ4v) is 5.06. The molecule has 1 aliphatic heterocycles. The number of nitrogens with zero attached hydrogens (tertiary/aromatic N) is 6. The number of aromatic nitrogens is 4. The number of carbonyl (C=O) groups excluding carboxylic acids is 2. The first-order chi connectivity index (χ1) is 18.1. The van der Waals surface area contributed by atoms with Crippen LogP contribution in [0.4, 0.5) is 11.6 Å². The van der Waals surface area contributed by atoms with Crippen LogP contribution in [0.1, 0.15) is 36.1 Å². The summed E-state index contributed by atoms with van der Waals surface area (Å²) >= 11 is 5.96. The molecule has 39 heavy (non-hydrogen) atoms. The predicted molar refractivity (Wildman–Crippen MR) is 145 cm³/mol. The maximum Gasteiger partial charge on any atom is 0.277 e. The summed E-state index contributed by atoms with van der Waals surface area (Å²) in [4.78, 5) is 38.4. The van der Waals surface area contributed by atoms with Crippen LogP contribution in [0.3, 0.4) is 0 Å². The third-order valence-electron chi connectivity index (χ3n) is 7.07. The standard InChI is InChI=1S/C25H34ClN9O3.BrH/c1-5-34-18-12-16(38-4)6-7-17(18)35(14-20(36)33-10-8-15(9-11-33)32(2)3)19(34)13-29-25(37)21-23(27)31-24(28)22(26)30-21;/h6-7,12,15H,5,8-11,13-14H2,1-4H3,(H4-,27,28,29,31,37);1H. The van der Waals surface area contributed by atoms with Gasteiger partial charge in [-0.05, 0) is 46.0 Å². The van der Waals surface area contributed by atoms with Crippen molar-refractivity contribution < 1.29 is 35.9 Å². The second kappa shape index (κ2) is 12.8. The topological polar surface area (TPSA) is 149 Å². The van der Waals surface area contributed by atoms with Gasteiger partial charge in [0.1, 0.15) is 12.3 Å². The minimum Gasteiger partial charge on any atom is -1.00 e. The maximum atomic E-state index is 13.4. The van der Waals surface area contributed by atoms with E-state index in [1.165, 1.54) is 0 Å². The Kier molecular flexibility index (Phi) is 9.97. The van der Waals surface area contributed by atoms with Crippen molar-refractivity contribution in [1.82, 2.24) is 29.7 Å². The molecule has 1 aromatic carbocycles.